The van der Waals surface area contributed by atoms with E-state index < -0.39 is 9.84 Å². The molecule has 1 amide bonds. The topological polar surface area (TPSA) is 57.7 Å². The lowest BCUT2D eigenvalue weighted by atomic mass is 10.1. The third kappa shape index (κ3) is 5.27. The molecule has 0 unspecified atom stereocenters. The summed E-state index contributed by atoms with van der Waals surface area (Å²) < 4.78 is 38.6. The Kier molecular flexibility index (Phi) is 6.65. The number of carbonyl (C=O) groups is 1. The Morgan fingerprint density at radius 3 is 2.48 bits per heavy atom. The first-order valence-electron chi connectivity index (χ1n) is 10.6. The third-order valence-corrected chi connectivity index (χ3v) is 8.21. The van der Waals surface area contributed by atoms with Crippen molar-refractivity contribution < 1.29 is 17.6 Å². The van der Waals surface area contributed by atoms with Gasteiger partial charge in [0, 0.05) is 44.2 Å². The van der Waals surface area contributed by atoms with Crippen LogP contribution in [0, 0.1) is 5.82 Å². The number of halogens is 2. The van der Waals surface area contributed by atoms with E-state index in [0.717, 1.165) is 30.4 Å². The predicted molar refractivity (Wildman–Crippen MR) is 118 cm³/mol. The summed E-state index contributed by atoms with van der Waals surface area (Å²) >= 11 is 6.11. The van der Waals surface area contributed by atoms with Gasteiger partial charge in [-0.05, 0) is 60.2 Å². The molecule has 2 aromatic rings. The van der Waals surface area contributed by atoms with Crippen molar-refractivity contribution in [1.82, 2.24) is 9.80 Å². The number of benzene rings is 2. The fourth-order valence-corrected chi connectivity index (χ4v) is 5.79. The van der Waals surface area contributed by atoms with Gasteiger partial charge in [-0.1, -0.05) is 23.7 Å². The van der Waals surface area contributed by atoms with E-state index in [-0.39, 0.29) is 23.9 Å². The summed E-state index contributed by atoms with van der Waals surface area (Å²) in [4.78, 5) is 16.8. The van der Waals surface area contributed by atoms with Gasteiger partial charge in [0.15, 0.2) is 9.84 Å². The Hall–Kier alpha value is -1.96. The van der Waals surface area contributed by atoms with Gasteiger partial charge in [-0.2, -0.15) is 0 Å². The minimum absolute atomic E-state index is 0.0107. The van der Waals surface area contributed by atoms with Crippen molar-refractivity contribution in [2.45, 2.75) is 37.1 Å². The quantitative estimate of drug-likeness (QED) is 0.656. The van der Waals surface area contributed by atoms with Crippen LogP contribution in [0.1, 0.15) is 29.5 Å². The van der Waals surface area contributed by atoms with Gasteiger partial charge in [-0.25, -0.2) is 12.8 Å². The van der Waals surface area contributed by atoms with Gasteiger partial charge in [0.2, 0.25) is 5.91 Å². The molecule has 1 fully saturated rings. The summed E-state index contributed by atoms with van der Waals surface area (Å²) in [6, 6.07) is 9.73. The lowest BCUT2D eigenvalue weighted by Crippen LogP contribution is -2.48. The van der Waals surface area contributed by atoms with Crippen LogP contribution in [-0.2, 0) is 34.0 Å². The van der Waals surface area contributed by atoms with Gasteiger partial charge in [0.25, 0.3) is 0 Å². The van der Waals surface area contributed by atoms with Gasteiger partial charge in [0.1, 0.15) is 5.82 Å². The maximum Gasteiger partial charge on any atom is 0.223 e. The minimum Gasteiger partial charge on any atom is -0.340 e. The largest absolute Gasteiger partial charge is 0.340 e. The number of sulfone groups is 1. The second kappa shape index (κ2) is 9.27. The van der Waals surface area contributed by atoms with E-state index in [4.69, 9.17) is 11.6 Å². The number of piperazine rings is 1. The second-order valence-corrected chi connectivity index (χ2v) is 10.8. The highest BCUT2D eigenvalue weighted by atomic mass is 35.5. The summed E-state index contributed by atoms with van der Waals surface area (Å²) in [5, 5.41) is 0.398. The number of nitrogens with zero attached hydrogens (tertiary/aromatic N) is 2. The van der Waals surface area contributed by atoms with Gasteiger partial charge >= 0.3 is 0 Å². The van der Waals surface area contributed by atoms with Crippen LogP contribution in [0.15, 0.2) is 41.3 Å². The number of carbonyl (C=O) groups excluding carboxylic acids is 1. The SMILES string of the molecule is O=C(CCS(=O)(=O)c1ccc2c(c1)CCC2)N1CCN(Cc2ccc(F)cc2Cl)CC1. The molecule has 31 heavy (non-hydrogen) atoms. The molecule has 0 spiro atoms. The van der Waals surface area contributed by atoms with Crippen LogP contribution in [0.5, 0.6) is 0 Å². The molecular weight excluding hydrogens is 439 g/mol. The molecule has 8 heteroatoms. The first-order valence-corrected chi connectivity index (χ1v) is 12.6. The Balaban J connectivity index is 1.28. The smallest absolute Gasteiger partial charge is 0.223 e. The Bertz CT molecular complexity index is 1080. The van der Waals surface area contributed by atoms with Crippen molar-refractivity contribution in [1.29, 1.82) is 0 Å². The van der Waals surface area contributed by atoms with Crippen molar-refractivity contribution in [3.8, 4) is 0 Å². The lowest BCUT2D eigenvalue weighted by Gasteiger charge is -2.35. The van der Waals surface area contributed by atoms with Crippen molar-refractivity contribution in [2.75, 3.05) is 31.9 Å². The Labute approximate surface area is 187 Å². The number of aryl methyl sites for hydroxylation is 2. The van der Waals surface area contributed by atoms with E-state index in [1.807, 2.05) is 6.07 Å². The van der Waals surface area contributed by atoms with Crippen LogP contribution in [0.2, 0.25) is 5.02 Å². The minimum atomic E-state index is -3.48. The highest BCUT2D eigenvalue weighted by molar-refractivity contribution is 7.91. The molecule has 0 bridgehead atoms. The van der Waals surface area contributed by atoms with Crippen molar-refractivity contribution in [3.05, 3.63) is 63.9 Å². The zero-order chi connectivity index (χ0) is 22.0. The van der Waals surface area contributed by atoms with E-state index in [0.29, 0.717) is 42.6 Å². The first kappa shape index (κ1) is 22.2. The molecule has 2 aliphatic rings. The third-order valence-electron chi connectivity index (χ3n) is 6.15. The van der Waals surface area contributed by atoms with Crippen molar-refractivity contribution in [3.63, 3.8) is 0 Å². The lowest BCUT2D eigenvalue weighted by molar-refractivity contribution is -0.132. The summed E-state index contributed by atoms with van der Waals surface area (Å²) in [6.45, 7) is 3.00. The van der Waals surface area contributed by atoms with Gasteiger partial charge in [-0.3, -0.25) is 9.69 Å². The van der Waals surface area contributed by atoms with Gasteiger partial charge in [-0.15, -0.1) is 0 Å². The molecule has 4 rings (SSSR count). The molecular formula is C23H26ClFN2O3S. The number of rotatable bonds is 6. The molecule has 0 radical (unpaired) electrons. The van der Waals surface area contributed by atoms with Crippen molar-refractivity contribution in [2.24, 2.45) is 0 Å². The Morgan fingerprint density at radius 2 is 1.74 bits per heavy atom. The molecule has 1 heterocycles. The molecule has 1 aliphatic carbocycles. The maximum absolute atomic E-state index is 13.2. The number of amides is 1. The van der Waals surface area contributed by atoms with Gasteiger partial charge in [0.05, 0.1) is 10.6 Å². The molecule has 1 aliphatic heterocycles. The number of hydrogen-bond acceptors (Lipinski definition) is 4. The normalized spacial score (nSPS) is 17.0. The van der Waals surface area contributed by atoms with Crippen LogP contribution in [0.3, 0.4) is 0 Å². The fourth-order valence-electron chi connectivity index (χ4n) is 4.29. The van der Waals surface area contributed by atoms with Crippen LogP contribution in [0.25, 0.3) is 0 Å². The number of fused-ring (bicyclic) bond motifs is 1. The van der Waals surface area contributed by atoms with E-state index in [1.54, 1.807) is 23.1 Å². The van der Waals surface area contributed by atoms with E-state index >= 15 is 0 Å². The highest BCUT2D eigenvalue weighted by Crippen LogP contribution is 2.25. The predicted octanol–water partition coefficient (Wildman–Crippen LogP) is 3.48. The molecule has 0 aromatic heterocycles. The zero-order valence-electron chi connectivity index (χ0n) is 17.3. The van der Waals surface area contributed by atoms with Crippen LogP contribution >= 0.6 is 11.6 Å². The standard InChI is InChI=1S/C23H26ClFN2O3S/c24-22-15-20(25)6-4-19(22)16-26-9-11-27(12-10-26)23(28)8-13-31(29,30)21-7-5-17-2-1-3-18(17)14-21/h4-7,14-15H,1-3,8-13,16H2. The maximum atomic E-state index is 13.2. The molecule has 166 valence electrons. The molecule has 0 saturated carbocycles. The van der Waals surface area contributed by atoms with E-state index in [9.17, 15) is 17.6 Å². The Morgan fingerprint density at radius 1 is 1.00 bits per heavy atom. The van der Waals surface area contributed by atoms with Crippen LogP contribution < -0.4 is 0 Å². The monoisotopic (exact) mass is 464 g/mol. The summed E-state index contributed by atoms with van der Waals surface area (Å²) in [5.74, 6) is -0.668. The number of hydrogen-bond donors (Lipinski definition) is 0. The average Bonchev–Trinajstić information content (AvgIpc) is 3.22. The molecule has 2 aromatic carbocycles. The summed E-state index contributed by atoms with van der Waals surface area (Å²) in [7, 11) is -3.48. The average molecular weight is 465 g/mol. The highest BCUT2D eigenvalue weighted by Gasteiger charge is 2.24. The van der Waals surface area contributed by atoms with E-state index in [2.05, 4.69) is 4.90 Å². The second-order valence-electron chi connectivity index (χ2n) is 8.25. The molecule has 5 nitrogen and oxygen atoms in total. The van der Waals surface area contributed by atoms with E-state index in [1.165, 1.54) is 17.7 Å². The van der Waals surface area contributed by atoms with Gasteiger partial charge < -0.3 is 4.90 Å². The zero-order valence-corrected chi connectivity index (χ0v) is 18.9. The van der Waals surface area contributed by atoms with Crippen LogP contribution in [0.4, 0.5) is 4.39 Å². The molecule has 0 N–H and O–H groups in total. The van der Waals surface area contributed by atoms with Crippen molar-refractivity contribution >= 4 is 27.3 Å². The molecule has 0 atom stereocenters. The van der Waals surface area contributed by atoms with Crippen LogP contribution in [-0.4, -0.2) is 56.1 Å². The fraction of sp³-hybridized carbons (Fsp3) is 0.435. The molecule has 1 saturated heterocycles. The first-order chi connectivity index (χ1) is 14.8. The summed E-state index contributed by atoms with van der Waals surface area (Å²) in [5.41, 5.74) is 3.20. The summed E-state index contributed by atoms with van der Waals surface area (Å²) in [6.07, 6.45) is 2.98.